The molecule has 1 aromatic rings. The van der Waals surface area contributed by atoms with Gasteiger partial charge in [-0.1, -0.05) is 0 Å². The summed E-state index contributed by atoms with van der Waals surface area (Å²) >= 11 is 0. The Bertz CT molecular complexity index is 373. The zero-order chi connectivity index (χ0) is 11.3. The van der Waals surface area contributed by atoms with E-state index in [9.17, 15) is 8.42 Å². The molecule has 1 unspecified atom stereocenters. The topological polar surface area (TPSA) is 90.0 Å². The van der Waals surface area contributed by atoms with Crippen molar-refractivity contribution < 1.29 is 8.42 Å². The predicted molar refractivity (Wildman–Crippen MR) is 57.7 cm³/mol. The van der Waals surface area contributed by atoms with E-state index in [4.69, 9.17) is 5.14 Å². The Morgan fingerprint density at radius 3 is 2.87 bits per heavy atom. The zero-order valence-electron chi connectivity index (χ0n) is 8.63. The number of nitrogens with one attached hydrogen (secondary N) is 1. The highest BCUT2D eigenvalue weighted by molar-refractivity contribution is 7.89. The highest BCUT2D eigenvalue weighted by atomic mass is 32.2. The lowest BCUT2D eigenvalue weighted by Gasteiger charge is -2.13. The second kappa shape index (κ2) is 5.24. The first-order chi connectivity index (χ1) is 6.97. The van der Waals surface area contributed by atoms with Crippen LogP contribution in [0.3, 0.4) is 0 Å². The molecule has 0 radical (unpaired) electrons. The van der Waals surface area contributed by atoms with Crippen molar-refractivity contribution in [3.63, 3.8) is 0 Å². The van der Waals surface area contributed by atoms with Crippen LogP contribution in [0.25, 0.3) is 0 Å². The molecule has 3 N–H and O–H groups in total. The van der Waals surface area contributed by atoms with Crippen LogP contribution in [0.4, 0.5) is 0 Å². The summed E-state index contributed by atoms with van der Waals surface area (Å²) in [6.07, 6.45) is 5.28. The largest absolute Gasteiger partial charge is 0.336 e. The average Bonchev–Trinajstić information content (AvgIpc) is 2.54. The van der Waals surface area contributed by atoms with Crippen molar-refractivity contribution in [1.29, 1.82) is 0 Å². The number of hydrogen-bond donors (Lipinski definition) is 2. The summed E-state index contributed by atoms with van der Waals surface area (Å²) < 4.78 is 23.2. The summed E-state index contributed by atoms with van der Waals surface area (Å²) in [7, 11) is -3.36. The van der Waals surface area contributed by atoms with Crippen LogP contribution < -0.4 is 10.5 Å². The van der Waals surface area contributed by atoms with Crippen LogP contribution in [0.2, 0.25) is 0 Å². The van der Waals surface area contributed by atoms with Gasteiger partial charge in [0.2, 0.25) is 10.0 Å². The van der Waals surface area contributed by atoms with E-state index in [0.29, 0.717) is 6.54 Å². The quantitative estimate of drug-likeness (QED) is 0.668. The zero-order valence-corrected chi connectivity index (χ0v) is 9.44. The molecule has 1 rings (SSSR count). The van der Waals surface area contributed by atoms with Gasteiger partial charge in [0.05, 0.1) is 12.1 Å². The number of aromatic nitrogens is 2. The maximum atomic E-state index is 10.7. The first-order valence-corrected chi connectivity index (χ1v) is 6.38. The van der Waals surface area contributed by atoms with Crippen molar-refractivity contribution in [3.8, 4) is 0 Å². The van der Waals surface area contributed by atoms with Gasteiger partial charge < -0.3 is 9.88 Å². The summed E-state index contributed by atoms with van der Waals surface area (Å²) in [4.78, 5) is 3.91. The van der Waals surface area contributed by atoms with E-state index < -0.39 is 10.0 Å². The van der Waals surface area contributed by atoms with Crippen LogP contribution in [0.5, 0.6) is 0 Å². The lowest BCUT2D eigenvalue weighted by Crippen LogP contribution is -2.35. The summed E-state index contributed by atoms with van der Waals surface area (Å²) in [6, 6.07) is 0.181. The SMILES string of the molecule is CC(Cn1ccnc1)NCCS(N)(=O)=O. The van der Waals surface area contributed by atoms with E-state index in [1.807, 2.05) is 17.7 Å². The highest BCUT2D eigenvalue weighted by Gasteiger charge is 2.05. The maximum absolute atomic E-state index is 10.7. The number of primary sulfonamides is 1. The fourth-order valence-corrected chi connectivity index (χ4v) is 1.63. The smallest absolute Gasteiger partial charge is 0.210 e. The third kappa shape index (κ3) is 5.50. The molecule has 0 aliphatic carbocycles. The monoisotopic (exact) mass is 232 g/mol. The Hall–Kier alpha value is -0.920. The summed E-state index contributed by atoms with van der Waals surface area (Å²) in [5.41, 5.74) is 0. The van der Waals surface area contributed by atoms with Crippen molar-refractivity contribution in [2.75, 3.05) is 12.3 Å². The van der Waals surface area contributed by atoms with E-state index in [2.05, 4.69) is 10.3 Å². The van der Waals surface area contributed by atoms with Gasteiger partial charge in [0.25, 0.3) is 0 Å². The summed E-state index contributed by atoms with van der Waals surface area (Å²) in [6.45, 7) is 3.10. The minimum Gasteiger partial charge on any atom is -0.336 e. The molecule has 0 amide bonds. The molecule has 0 aliphatic rings. The Morgan fingerprint density at radius 1 is 1.60 bits per heavy atom. The molecular weight excluding hydrogens is 216 g/mol. The number of nitrogens with two attached hydrogens (primary N) is 1. The average molecular weight is 232 g/mol. The second-order valence-corrected chi connectivity index (χ2v) is 5.22. The van der Waals surface area contributed by atoms with Crippen LogP contribution in [-0.2, 0) is 16.6 Å². The molecule has 0 spiro atoms. The number of nitrogens with zero attached hydrogens (tertiary/aromatic N) is 2. The third-order valence-electron chi connectivity index (χ3n) is 1.92. The normalized spacial score (nSPS) is 14.0. The van der Waals surface area contributed by atoms with Gasteiger partial charge >= 0.3 is 0 Å². The van der Waals surface area contributed by atoms with Gasteiger partial charge in [-0.05, 0) is 6.92 Å². The van der Waals surface area contributed by atoms with Crippen molar-refractivity contribution in [3.05, 3.63) is 18.7 Å². The molecule has 0 aliphatic heterocycles. The van der Waals surface area contributed by atoms with Crippen molar-refractivity contribution in [1.82, 2.24) is 14.9 Å². The fraction of sp³-hybridized carbons (Fsp3) is 0.625. The Labute approximate surface area is 89.5 Å². The molecule has 1 heterocycles. The molecule has 0 saturated heterocycles. The Balaban J connectivity index is 2.22. The first kappa shape index (κ1) is 12.2. The van der Waals surface area contributed by atoms with Gasteiger partial charge in [-0.2, -0.15) is 0 Å². The van der Waals surface area contributed by atoms with Crippen LogP contribution in [-0.4, -0.2) is 36.3 Å². The minimum atomic E-state index is -3.36. The molecule has 0 bridgehead atoms. The summed E-state index contributed by atoms with van der Waals surface area (Å²) in [5, 5.41) is 7.94. The van der Waals surface area contributed by atoms with E-state index in [-0.39, 0.29) is 11.8 Å². The summed E-state index contributed by atoms with van der Waals surface area (Å²) in [5.74, 6) is -0.0404. The van der Waals surface area contributed by atoms with Crippen molar-refractivity contribution in [2.45, 2.75) is 19.5 Å². The van der Waals surface area contributed by atoms with Crippen molar-refractivity contribution in [2.24, 2.45) is 5.14 Å². The lowest BCUT2D eigenvalue weighted by atomic mass is 10.3. The molecule has 15 heavy (non-hydrogen) atoms. The van der Waals surface area contributed by atoms with Gasteiger partial charge in [0.1, 0.15) is 0 Å². The molecule has 7 heteroatoms. The van der Waals surface area contributed by atoms with Crippen LogP contribution >= 0.6 is 0 Å². The van der Waals surface area contributed by atoms with Crippen LogP contribution in [0.1, 0.15) is 6.92 Å². The van der Waals surface area contributed by atoms with Gasteiger partial charge in [-0.25, -0.2) is 18.5 Å². The van der Waals surface area contributed by atoms with Crippen LogP contribution in [0.15, 0.2) is 18.7 Å². The molecule has 0 saturated carbocycles. The molecule has 1 aromatic heterocycles. The third-order valence-corrected chi connectivity index (χ3v) is 2.70. The Kier molecular flexibility index (Phi) is 4.25. The standard InChI is InChI=1S/C8H16N4O2S/c1-8(6-12-4-2-10-7-12)11-3-5-15(9,13)14/h2,4,7-8,11H,3,5-6H2,1H3,(H2,9,13,14). The van der Waals surface area contributed by atoms with Gasteiger partial charge in [-0.15, -0.1) is 0 Å². The predicted octanol–water partition coefficient (Wildman–Crippen LogP) is -0.850. The molecule has 0 fully saturated rings. The lowest BCUT2D eigenvalue weighted by molar-refractivity contribution is 0.487. The molecule has 0 aromatic carbocycles. The van der Waals surface area contributed by atoms with E-state index in [0.717, 1.165) is 6.54 Å². The second-order valence-electron chi connectivity index (χ2n) is 3.48. The van der Waals surface area contributed by atoms with Gasteiger partial charge in [0.15, 0.2) is 0 Å². The Morgan fingerprint density at radius 2 is 2.33 bits per heavy atom. The fourth-order valence-electron chi connectivity index (χ4n) is 1.22. The van der Waals surface area contributed by atoms with E-state index in [1.165, 1.54) is 0 Å². The number of sulfonamides is 1. The molecule has 6 nitrogen and oxygen atoms in total. The number of hydrogen-bond acceptors (Lipinski definition) is 4. The van der Waals surface area contributed by atoms with E-state index >= 15 is 0 Å². The van der Waals surface area contributed by atoms with Crippen molar-refractivity contribution >= 4 is 10.0 Å². The van der Waals surface area contributed by atoms with Gasteiger partial charge in [0, 0.05) is 31.5 Å². The van der Waals surface area contributed by atoms with E-state index in [1.54, 1.807) is 12.5 Å². The van der Waals surface area contributed by atoms with Crippen LogP contribution in [0, 0.1) is 0 Å². The first-order valence-electron chi connectivity index (χ1n) is 4.67. The minimum absolute atomic E-state index is 0.0404. The highest BCUT2D eigenvalue weighted by Crippen LogP contribution is 1.91. The molecule has 1 atom stereocenters. The number of rotatable bonds is 6. The molecule has 86 valence electrons. The molecular formula is C8H16N4O2S. The maximum Gasteiger partial charge on any atom is 0.210 e. The van der Waals surface area contributed by atoms with Gasteiger partial charge in [-0.3, -0.25) is 0 Å². The number of imidazole rings is 1.